The molecule has 0 bridgehead atoms. The topological polar surface area (TPSA) is 120 Å². The summed E-state index contributed by atoms with van der Waals surface area (Å²) >= 11 is 0. The molecule has 0 aliphatic carbocycles. The van der Waals surface area contributed by atoms with Crippen LogP contribution in [-0.2, 0) is 27.2 Å². The summed E-state index contributed by atoms with van der Waals surface area (Å²) in [5.41, 5.74) is 2.10. The Bertz CT molecular complexity index is 1130. The molecule has 3 amide bonds. The second-order valence-electron chi connectivity index (χ2n) is 10.7. The summed E-state index contributed by atoms with van der Waals surface area (Å²) in [6, 6.07) is 15.5. The third-order valence-corrected chi connectivity index (χ3v) is 8.28. The average Bonchev–Trinajstić information content (AvgIpc) is 3.36. The van der Waals surface area contributed by atoms with E-state index in [1.54, 1.807) is 19.1 Å². The van der Waals surface area contributed by atoms with Gasteiger partial charge in [-0.3, -0.25) is 14.4 Å². The average molecular weight is 551 g/mol. The van der Waals surface area contributed by atoms with Gasteiger partial charge in [0.05, 0.1) is 13.2 Å². The van der Waals surface area contributed by atoms with Gasteiger partial charge < -0.3 is 30.7 Å². The SMILES string of the molecule is CN[C@H](Cc1ccccc1)C(=O)N[C@@H]1C(=O)N2[C@@H](CC[C@@H]1CCO)CC[C@H]2C(=O)NCCc1ccc(OC)cc1. The van der Waals surface area contributed by atoms with Crippen molar-refractivity contribution in [2.24, 2.45) is 5.92 Å². The number of benzene rings is 2. The standard InChI is InChI=1S/C31H42N4O5/c1-32-26(20-22-6-4-3-5-7-22)29(37)34-28-23(17-19-36)10-11-24-12-15-27(35(24)31(28)39)30(38)33-18-16-21-8-13-25(40-2)14-9-21/h3-9,13-14,23-24,26-28,32,36H,10-12,15-20H2,1-2H3,(H,33,38)(H,34,37)/t23-,24+,26-,27+,28+/m1/s1. The fraction of sp³-hybridized carbons (Fsp3) is 0.516. The Hall–Kier alpha value is -3.43. The first-order valence-corrected chi connectivity index (χ1v) is 14.3. The van der Waals surface area contributed by atoms with Crippen molar-refractivity contribution < 1.29 is 24.2 Å². The summed E-state index contributed by atoms with van der Waals surface area (Å²) < 4.78 is 5.20. The van der Waals surface area contributed by atoms with Crippen LogP contribution < -0.4 is 20.7 Å². The van der Waals surface area contributed by atoms with Crippen LogP contribution in [0, 0.1) is 5.92 Å². The fourth-order valence-corrected chi connectivity index (χ4v) is 6.02. The van der Waals surface area contributed by atoms with Gasteiger partial charge >= 0.3 is 0 Å². The molecule has 2 heterocycles. The van der Waals surface area contributed by atoms with Gasteiger partial charge in [0.1, 0.15) is 17.8 Å². The monoisotopic (exact) mass is 550 g/mol. The minimum atomic E-state index is -0.788. The van der Waals surface area contributed by atoms with Gasteiger partial charge in [0, 0.05) is 19.2 Å². The van der Waals surface area contributed by atoms with Crippen LogP contribution in [0.4, 0.5) is 0 Å². The number of fused-ring (bicyclic) bond motifs is 1. The summed E-state index contributed by atoms with van der Waals surface area (Å²) in [7, 11) is 3.36. The maximum Gasteiger partial charge on any atom is 0.246 e. The van der Waals surface area contributed by atoms with E-state index in [4.69, 9.17) is 4.74 Å². The predicted octanol–water partition coefficient (Wildman–Crippen LogP) is 1.82. The highest BCUT2D eigenvalue weighted by atomic mass is 16.5. The molecule has 2 aromatic carbocycles. The number of aliphatic hydroxyl groups is 1. The first kappa shape index (κ1) is 29.6. The second kappa shape index (κ2) is 14.3. The Balaban J connectivity index is 1.43. The molecular formula is C31H42N4O5. The number of methoxy groups -OCH3 is 1. The number of hydrogen-bond acceptors (Lipinski definition) is 6. The van der Waals surface area contributed by atoms with Crippen LogP contribution in [0.2, 0.25) is 0 Å². The van der Waals surface area contributed by atoms with Crippen molar-refractivity contribution in [2.45, 2.75) is 69.1 Å². The molecule has 0 unspecified atom stereocenters. The molecule has 2 aliphatic heterocycles. The molecule has 2 saturated heterocycles. The van der Waals surface area contributed by atoms with Gasteiger partial charge in [-0.1, -0.05) is 42.5 Å². The number of amides is 3. The van der Waals surface area contributed by atoms with E-state index in [0.29, 0.717) is 38.6 Å². The van der Waals surface area contributed by atoms with Gasteiger partial charge in [0.15, 0.2) is 0 Å². The number of hydrogen-bond donors (Lipinski definition) is 4. The largest absolute Gasteiger partial charge is 0.497 e. The highest BCUT2D eigenvalue weighted by molar-refractivity contribution is 5.94. The first-order chi connectivity index (χ1) is 19.4. The normalized spacial score (nSPS) is 23.2. The molecule has 2 aromatic rings. The summed E-state index contributed by atoms with van der Waals surface area (Å²) in [5, 5.41) is 18.9. The minimum absolute atomic E-state index is 0.0441. The Morgan fingerprint density at radius 1 is 1.02 bits per heavy atom. The van der Waals surface area contributed by atoms with E-state index >= 15 is 0 Å². The number of ether oxygens (including phenoxy) is 1. The summed E-state index contributed by atoms with van der Waals surface area (Å²) in [5.74, 6) is -0.0542. The lowest BCUT2D eigenvalue weighted by Gasteiger charge is -2.32. The highest BCUT2D eigenvalue weighted by Crippen LogP contribution is 2.35. The molecule has 216 valence electrons. The van der Waals surface area contributed by atoms with E-state index in [-0.39, 0.29) is 36.3 Å². The van der Waals surface area contributed by atoms with Crippen LogP contribution in [0.25, 0.3) is 0 Å². The third-order valence-electron chi connectivity index (χ3n) is 8.28. The van der Waals surface area contributed by atoms with Crippen LogP contribution >= 0.6 is 0 Å². The van der Waals surface area contributed by atoms with Gasteiger partial charge in [-0.25, -0.2) is 0 Å². The van der Waals surface area contributed by atoms with Gasteiger partial charge in [0.25, 0.3) is 0 Å². The molecule has 5 atom stereocenters. The zero-order chi connectivity index (χ0) is 28.5. The van der Waals surface area contributed by atoms with Gasteiger partial charge in [-0.05, 0) is 81.2 Å². The van der Waals surface area contributed by atoms with E-state index in [2.05, 4.69) is 16.0 Å². The molecule has 9 heteroatoms. The van der Waals surface area contributed by atoms with Crippen LogP contribution in [0.1, 0.15) is 43.2 Å². The van der Waals surface area contributed by atoms with Gasteiger partial charge in [-0.2, -0.15) is 0 Å². The summed E-state index contributed by atoms with van der Waals surface area (Å²) in [6.45, 7) is 0.398. The van der Waals surface area contributed by atoms with Crippen LogP contribution in [0.5, 0.6) is 5.75 Å². The van der Waals surface area contributed by atoms with E-state index in [9.17, 15) is 19.5 Å². The molecule has 2 fully saturated rings. The zero-order valence-corrected chi connectivity index (χ0v) is 23.5. The Morgan fingerprint density at radius 3 is 2.42 bits per heavy atom. The number of nitrogens with zero attached hydrogens (tertiary/aromatic N) is 1. The molecule has 9 nitrogen and oxygen atoms in total. The molecule has 0 saturated carbocycles. The molecule has 40 heavy (non-hydrogen) atoms. The molecule has 4 rings (SSSR count). The van der Waals surface area contributed by atoms with E-state index < -0.39 is 18.1 Å². The lowest BCUT2D eigenvalue weighted by molar-refractivity contribution is -0.143. The number of nitrogens with one attached hydrogen (secondary N) is 3. The lowest BCUT2D eigenvalue weighted by atomic mass is 9.90. The molecular weight excluding hydrogens is 508 g/mol. The minimum Gasteiger partial charge on any atom is -0.497 e. The Kier molecular flexibility index (Phi) is 10.5. The third kappa shape index (κ3) is 7.20. The zero-order valence-electron chi connectivity index (χ0n) is 23.5. The predicted molar refractivity (Wildman–Crippen MR) is 153 cm³/mol. The maximum absolute atomic E-state index is 14.0. The highest BCUT2D eigenvalue weighted by Gasteiger charge is 2.47. The number of rotatable bonds is 12. The lowest BCUT2D eigenvalue weighted by Crippen LogP contribution is -2.58. The first-order valence-electron chi connectivity index (χ1n) is 14.3. The fourth-order valence-electron chi connectivity index (χ4n) is 6.02. The molecule has 4 N–H and O–H groups in total. The quantitative estimate of drug-likeness (QED) is 0.320. The van der Waals surface area contributed by atoms with E-state index in [0.717, 1.165) is 29.7 Å². The molecule has 2 aliphatic rings. The number of carbonyl (C=O) groups is 3. The number of aliphatic hydroxyl groups excluding tert-OH is 1. The molecule has 0 spiro atoms. The second-order valence-corrected chi connectivity index (χ2v) is 10.7. The number of likely N-dealkylation sites (N-methyl/N-ethyl adjacent to an activating group) is 1. The maximum atomic E-state index is 14.0. The van der Waals surface area contributed by atoms with Crippen LogP contribution in [-0.4, -0.2) is 79.2 Å². The van der Waals surface area contributed by atoms with Crippen molar-refractivity contribution in [3.05, 3.63) is 65.7 Å². The molecule has 0 radical (unpaired) electrons. The van der Waals surface area contributed by atoms with E-state index in [1.165, 1.54) is 0 Å². The molecule has 0 aromatic heterocycles. The van der Waals surface area contributed by atoms with Crippen molar-refractivity contribution >= 4 is 17.7 Å². The van der Waals surface area contributed by atoms with Crippen molar-refractivity contribution in [3.8, 4) is 5.75 Å². The summed E-state index contributed by atoms with van der Waals surface area (Å²) in [4.78, 5) is 42.4. The van der Waals surface area contributed by atoms with Gasteiger partial charge in [-0.15, -0.1) is 0 Å². The van der Waals surface area contributed by atoms with Gasteiger partial charge in [0.2, 0.25) is 17.7 Å². The Labute approximate surface area is 236 Å². The smallest absolute Gasteiger partial charge is 0.246 e. The van der Waals surface area contributed by atoms with Crippen molar-refractivity contribution in [1.29, 1.82) is 0 Å². The number of carbonyl (C=O) groups excluding carboxylic acids is 3. The van der Waals surface area contributed by atoms with Crippen LogP contribution in [0.3, 0.4) is 0 Å². The summed E-state index contributed by atoms with van der Waals surface area (Å²) in [6.07, 6.45) is 4.37. The van der Waals surface area contributed by atoms with E-state index in [1.807, 2.05) is 54.6 Å². The van der Waals surface area contributed by atoms with Crippen molar-refractivity contribution in [2.75, 3.05) is 27.3 Å². The van der Waals surface area contributed by atoms with Crippen molar-refractivity contribution in [3.63, 3.8) is 0 Å². The van der Waals surface area contributed by atoms with Crippen LogP contribution in [0.15, 0.2) is 54.6 Å². The Morgan fingerprint density at radius 2 is 1.75 bits per heavy atom. The van der Waals surface area contributed by atoms with Crippen molar-refractivity contribution in [1.82, 2.24) is 20.9 Å².